The van der Waals surface area contributed by atoms with Gasteiger partial charge in [0.05, 0.1) is 11.1 Å². The number of hydrogen-bond acceptors (Lipinski definition) is 4. The van der Waals surface area contributed by atoms with E-state index in [1.165, 1.54) is 44.6 Å². The molecule has 1 aliphatic heterocycles. The minimum Gasteiger partial charge on any atom is -0.317 e. The van der Waals surface area contributed by atoms with Gasteiger partial charge in [-0.1, -0.05) is 48.5 Å². The van der Waals surface area contributed by atoms with E-state index in [1.54, 1.807) is 29.2 Å². The summed E-state index contributed by atoms with van der Waals surface area (Å²) in [5, 5.41) is 3.15. The molecular weight excluding hydrogens is 507 g/mol. The first kappa shape index (κ1) is 25.4. The van der Waals surface area contributed by atoms with E-state index in [4.69, 9.17) is 0 Å². The first-order valence-electron chi connectivity index (χ1n) is 11.9. The molecule has 0 atom stereocenters. The van der Waals surface area contributed by atoms with Crippen LogP contribution in [0.5, 0.6) is 0 Å². The predicted molar refractivity (Wildman–Crippen MR) is 144 cm³/mol. The van der Waals surface area contributed by atoms with Gasteiger partial charge in [0.25, 0.3) is 11.8 Å². The molecule has 10 heteroatoms. The van der Waals surface area contributed by atoms with Crippen LogP contribution in [0.1, 0.15) is 21.5 Å². The maximum absolute atomic E-state index is 14.4. The Kier molecular flexibility index (Phi) is 6.60. The van der Waals surface area contributed by atoms with Crippen LogP contribution in [0.3, 0.4) is 0 Å². The van der Waals surface area contributed by atoms with Gasteiger partial charge in [0.1, 0.15) is 11.5 Å². The van der Waals surface area contributed by atoms with Gasteiger partial charge in [-0.3, -0.25) is 9.59 Å². The van der Waals surface area contributed by atoms with Crippen LogP contribution in [0, 0.1) is 5.82 Å². The van der Waals surface area contributed by atoms with Crippen LogP contribution in [0.4, 0.5) is 10.1 Å². The molecule has 0 aliphatic carbocycles. The molecule has 5 rings (SSSR count). The van der Waals surface area contributed by atoms with Gasteiger partial charge in [0.2, 0.25) is 0 Å². The minimum absolute atomic E-state index is 0.111. The lowest BCUT2D eigenvalue weighted by atomic mass is 10.1. The molecule has 0 saturated heterocycles. The number of hydrogen-bond donors (Lipinski definition) is 1. The summed E-state index contributed by atoms with van der Waals surface area (Å²) in [6.45, 7) is 0.405. The van der Waals surface area contributed by atoms with Crippen LogP contribution in [0.2, 0.25) is 0 Å². The maximum Gasteiger partial charge on any atom is 0.307 e. The number of para-hydroxylation sites is 2. The van der Waals surface area contributed by atoms with Crippen molar-refractivity contribution in [2.45, 2.75) is 6.42 Å². The normalized spacial score (nSPS) is 13.7. The first-order valence-corrected chi connectivity index (χ1v) is 13.3. The van der Waals surface area contributed by atoms with E-state index in [2.05, 4.69) is 5.32 Å². The zero-order chi connectivity index (χ0) is 27.0. The second kappa shape index (κ2) is 9.88. The summed E-state index contributed by atoms with van der Waals surface area (Å²) >= 11 is 0. The van der Waals surface area contributed by atoms with Crippen LogP contribution in [-0.4, -0.2) is 49.1 Å². The van der Waals surface area contributed by atoms with Crippen LogP contribution < -0.4 is 10.2 Å². The van der Waals surface area contributed by atoms with Crippen molar-refractivity contribution >= 4 is 44.7 Å². The number of amides is 2. The Morgan fingerprint density at radius 3 is 2.42 bits per heavy atom. The third-order valence-corrected chi connectivity index (χ3v) is 8.17. The van der Waals surface area contributed by atoms with Crippen molar-refractivity contribution in [1.82, 2.24) is 13.6 Å². The number of carbonyl (C=O) groups excluding carboxylic acids is 2. The molecule has 0 radical (unpaired) electrons. The molecule has 2 heterocycles. The topological polar surface area (TPSA) is 91.7 Å². The van der Waals surface area contributed by atoms with Crippen molar-refractivity contribution < 1.29 is 22.4 Å². The molecule has 1 N–H and O–H groups in total. The summed E-state index contributed by atoms with van der Waals surface area (Å²) in [6, 6.07) is 19.8. The monoisotopic (exact) mass is 532 g/mol. The molecule has 1 aliphatic rings. The Bertz CT molecular complexity index is 1710. The van der Waals surface area contributed by atoms with Crippen LogP contribution in [-0.2, 0) is 21.4 Å². The highest BCUT2D eigenvalue weighted by atomic mass is 32.2. The van der Waals surface area contributed by atoms with Crippen molar-refractivity contribution in [3.63, 3.8) is 0 Å². The van der Waals surface area contributed by atoms with Crippen molar-refractivity contribution in [2.75, 3.05) is 25.5 Å². The lowest BCUT2D eigenvalue weighted by Gasteiger charge is -2.20. The quantitative estimate of drug-likeness (QED) is 0.383. The van der Waals surface area contributed by atoms with Crippen LogP contribution >= 0.6 is 0 Å². The number of carbonyl (C=O) groups is 2. The number of nitrogens with one attached hydrogen (secondary N) is 1. The van der Waals surface area contributed by atoms with Gasteiger partial charge in [0, 0.05) is 43.5 Å². The van der Waals surface area contributed by atoms with Crippen LogP contribution in [0.15, 0.2) is 84.7 Å². The summed E-state index contributed by atoms with van der Waals surface area (Å²) in [5.74, 6) is -2.01. The van der Waals surface area contributed by atoms with Crippen molar-refractivity contribution in [1.29, 1.82) is 0 Å². The molecule has 2 amide bonds. The first-order chi connectivity index (χ1) is 18.2. The maximum atomic E-state index is 14.4. The number of halogens is 1. The Hall–Kier alpha value is -4.28. The fourth-order valence-electron chi connectivity index (χ4n) is 4.49. The highest BCUT2D eigenvalue weighted by molar-refractivity contribution is 7.87. The van der Waals surface area contributed by atoms with E-state index < -0.39 is 27.8 Å². The number of fused-ring (bicyclic) bond motifs is 2. The molecule has 0 unspecified atom stereocenters. The third-order valence-electron chi connectivity index (χ3n) is 6.45. The highest BCUT2D eigenvalue weighted by Gasteiger charge is 2.29. The fraction of sp³-hybridized carbons (Fsp3) is 0.143. The average molecular weight is 533 g/mol. The molecule has 3 aromatic carbocycles. The number of nitrogens with zero attached hydrogens (tertiary/aromatic N) is 3. The van der Waals surface area contributed by atoms with E-state index in [0.717, 1.165) is 25.6 Å². The zero-order valence-electron chi connectivity index (χ0n) is 20.8. The van der Waals surface area contributed by atoms with Gasteiger partial charge in [0.15, 0.2) is 0 Å². The lowest BCUT2D eigenvalue weighted by Crippen LogP contribution is -2.37. The van der Waals surface area contributed by atoms with Gasteiger partial charge >= 0.3 is 10.2 Å². The van der Waals surface area contributed by atoms with Crippen molar-refractivity contribution in [3.8, 4) is 0 Å². The number of anilines is 1. The number of rotatable bonds is 6. The van der Waals surface area contributed by atoms with Gasteiger partial charge in [-0.05, 0) is 42.3 Å². The Morgan fingerprint density at radius 2 is 1.66 bits per heavy atom. The third kappa shape index (κ3) is 4.48. The SMILES string of the molecule is CN(C)S(=O)(=O)n1cc(C=C(NC(=O)c2ccccc2F)C(=O)N2CCc3ccccc32)c2ccccc21. The van der Waals surface area contributed by atoms with E-state index in [0.29, 0.717) is 29.4 Å². The van der Waals surface area contributed by atoms with Crippen molar-refractivity contribution in [3.05, 3.63) is 107 Å². The fourth-order valence-corrected chi connectivity index (χ4v) is 5.50. The molecule has 0 fully saturated rings. The van der Waals surface area contributed by atoms with Crippen LogP contribution in [0.25, 0.3) is 17.0 Å². The largest absolute Gasteiger partial charge is 0.317 e. The highest BCUT2D eigenvalue weighted by Crippen LogP contribution is 2.30. The minimum atomic E-state index is -3.88. The van der Waals surface area contributed by atoms with Gasteiger partial charge < -0.3 is 10.2 Å². The summed E-state index contributed by atoms with van der Waals surface area (Å²) in [6.07, 6.45) is 3.49. The summed E-state index contributed by atoms with van der Waals surface area (Å²) < 4.78 is 42.6. The molecule has 1 aromatic heterocycles. The van der Waals surface area contributed by atoms with Gasteiger partial charge in [-0.2, -0.15) is 12.7 Å². The average Bonchev–Trinajstić information content (AvgIpc) is 3.50. The lowest BCUT2D eigenvalue weighted by molar-refractivity contribution is -0.115. The molecule has 0 spiro atoms. The molecule has 4 aromatic rings. The molecule has 38 heavy (non-hydrogen) atoms. The molecule has 0 saturated carbocycles. The van der Waals surface area contributed by atoms with E-state index in [1.807, 2.05) is 24.3 Å². The summed E-state index contributed by atoms with van der Waals surface area (Å²) in [5.41, 5.74) is 2.20. The second-order valence-corrected chi connectivity index (χ2v) is 11.0. The molecule has 0 bridgehead atoms. The standard InChI is InChI=1S/C28H25FN4O4S/c1-31(2)38(36,37)33-18-20(21-10-5-8-14-26(21)33)17-24(30-27(34)22-11-4-6-12-23(22)29)28(35)32-16-15-19-9-3-7-13-25(19)32/h3-14,17-18H,15-16H2,1-2H3,(H,30,34). The van der Waals surface area contributed by atoms with Gasteiger partial charge in [-0.25, -0.2) is 8.36 Å². The van der Waals surface area contributed by atoms with Gasteiger partial charge in [-0.15, -0.1) is 0 Å². The molecule has 194 valence electrons. The Morgan fingerprint density at radius 1 is 0.974 bits per heavy atom. The second-order valence-electron chi connectivity index (χ2n) is 9.02. The number of benzene rings is 3. The summed E-state index contributed by atoms with van der Waals surface area (Å²) in [7, 11) is -1.03. The smallest absolute Gasteiger partial charge is 0.307 e. The van der Waals surface area contributed by atoms with E-state index in [-0.39, 0.29) is 11.3 Å². The molecular formula is C28H25FN4O4S. The van der Waals surface area contributed by atoms with E-state index >= 15 is 0 Å². The van der Waals surface area contributed by atoms with E-state index in [9.17, 15) is 22.4 Å². The predicted octanol–water partition coefficient (Wildman–Crippen LogP) is 3.80. The zero-order valence-corrected chi connectivity index (χ0v) is 21.6. The number of aromatic nitrogens is 1. The summed E-state index contributed by atoms with van der Waals surface area (Å²) in [4.78, 5) is 28.5. The Balaban J connectivity index is 1.64. The molecule has 8 nitrogen and oxygen atoms in total. The Labute approximate surface area is 219 Å². The van der Waals surface area contributed by atoms with Crippen molar-refractivity contribution in [2.24, 2.45) is 0 Å².